The normalized spacial score (nSPS) is 11.9. The van der Waals surface area contributed by atoms with Gasteiger partial charge in [-0.05, 0) is 28.1 Å². The summed E-state index contributed by atoms with van der Waals surface area (Å²) in [6.45, 7) is 2.56. The number of hydrogen-bond acceptors (Lipinski definition) is 4. The second-order valence-corrected chi connectivity index (χ2v) is 5.81. The lowest BCUT2D eigenvalue weighted by Gasteiger charge is -2.10. The molecule has 0 unspecified atom stereocenters. The molecule has 0 bridgehead atoms. The van der Waals surface area contributed by atoms with E-state index in [-0.39, 0.29) is 11.9 Å². The number of hydrogen-bond donors (Lipinski definition) is 2. The maximum absolute atomic E-state index is 11.7. The van der Waals surface area contributed by atoms with Crippen LogP contribution >= 0.6 is 27.3 Å². The number of nitrogens with zero attached hydrogens (tertiary/aromatic N) is 2. The minimum Gasteiger partial charge on any atom is -0.337 e. The molecule has 7 heteroatoms. The van der Waals surface area contributed by atoms with Crippen molar-refractivity contribution in [2.75, 3.05) is 11.9 Å². The zero-order chi connectivity index (χ0) is 13.7. The number of amides is 2. The number of aromatic nitrogens is 2. The van der Waals surface area contributed by atoms with Gasteiger partial charge in [0, 0.05) is 34.7 Å². The van der Waals surface area contributed by atoms with Crippen molar-refractivity contribution in [3.05, 3.63) is 39.4 Å². The molecule has 2 aromatic rings. The monoisotopic (exact) mass is 340 g/mol. The number of urea groups is 1. The average Bonchev–Trinajstić information content (AvgIpc) is 2.93. The molecule has 5 nitrogen and oxygen atoms in total. The second-order valence-electron chi connectivity index (χ2n) is 3.97. The van der Waals surface area contributed by atoms with Gasteiger partial charge < -0.3 is 5.32 Å². The number of pyridine rings is 1. The average molecular weight is 341 g/mol. The van der Waals surface area contributed by atoms with Crippen molar-refractivity contribution in [2.24, 2.45) is 0 Å². The van der Waals surface area contributed by atoms with Crippen LogP contribution in [0.2, 0.25) is 0 Å². The van der Waals surface area contributed by atoms with E-state index in [1.54, 1.807) is 29.8 Å². The van der Waals surface area contributed by atoms with Crippen molar-refractivity contribution < 1.29 is 4.79 Å². The van der Waals surface area contributed by atoms with Gasteiger partial charge in [0.2, 0.25) is 0 Å². The highest BCUT2D eigenvalue weighted by Gasteiger charge is 2.10. The molecule has 0 aliphatic rings. The summed E-state index contributed by atoms with van der Waals surface area (Å²) >= 11 is 4.87. The Hall–Kier alpha value is -1.47. The smallest absolute Gasteiger partial charge is 0.320 e. The summed E-state index contributed by atoms with van der Waals surface area (Å²) in [5.41, 5.74) is 0. The van der Waals surface area contributed by atoms with E-state index in [9.17, 15) is 4.79 Å². The van der Waals surface area contributed by atoms with Gasteiger partial charge >= 0.3 is 6.03 Å². The van der Waals surface area contributed by atoms with Gasteiger partial charge in [-0.25, -0.2) is 14.8 Å². The molecular formula is C12H13BrN4OS. The van der Waals surface area contributed by atoms with Crippen LogP contribution in [-0.4, -0.2) is 22.5 Å². The third kappa shape index (κ3) is 4.29. The second kappa shape index (κ2) is 6.63. The molecule has 2 aromatic heterocycles. The fourth-order valence-electron chi connectivity index (χ4n) is 1.42. The van der Waals surface area contributed by atoms with E-state index in [4.69, 9.17) is 0 Å². The first-order valence-corrected chi connectivity index (χ1v) is 7.38. The van der Waals surface area contributed by atoms with E-state index in [0.29, 0.717) is 12.4 Å². The molecule has 2 N–H and O–H groups in total. The Morgan fingerprint density at radius 1 is 1.47 bits per heavy atom. The lowest BCUT2D eigenvalue weighted by atomic mass is 10.2. The number of thiazole rings is 1. The molecule has 0 fully saturated rings. The van der Waals surface area contributed by atoms with Crippen molar-refractivity contribution in [2.45, 2.75) is 12.8 Å². The van der Waals surface area contributed by atoms with Crippen molar-refractivity contribution in [3.8, 4) is 0 Å². The molecule has 0 saturated heterocycles. The quantitative estimate of drug-likeness (QED) is 0.897. The molecule has 0 aliphatic heterocycles. The maximum Gasteiger partial charge on any atom is 0.320 e. The Balaban J connectivity index is 1.80. The van der Waals surface area contributed by atoms with Crippen LogP contribution in [-0.2, 0) is 0 Å². The highest BCUT2D eigenvalue weighted by atomic mass is 79.9. The van der Waals surface area contributed by atoms with Gasteiger partial charge in [-0.15, -0.1) is 11.3 Å². The minimum absolute atomic E-state index is 0.198. The highest BCUT2D eigenvalue weighted by molar-refractivity contribution is 9.10. The number of rotatable bonds is 4. The number of nitrogens with one attached hydrogen (secondary N) is 2. The van der Waals surface area contributed by atoms with Gasteiger partial charge in [-0.3, -0.25) is 5.32 Å². The first kappa shape index (κ1) is 14.0. The molecule has 2 rings (SSSR count). The fourth-order valence-corrected chi connectivity index (χ4v) is 2.35. The van der Waals surface area contributed by atoms with Gasteiger partial charge in [0.25, 0.3) is 0 Å². The van der Waals surface area contributed by atoms with Crippen LogP contribution in [0.4, 0.5) is 10.6 Å². The lowest BCUT2D eigenvalue weighted by Crippen LogP contribution is -2.32. The summed E-state index contributed by atoms with van der Waals surface area (Å²) in [5, 5.41) is 8.41. The minimum atomic E-state index is -0.266. The topological polar surface area (TPSA) is 66.9 Å². The summed E-state index contributed by atoms with van der Waals surface area (Å²) in [5.74, 6) is 0.714. The lowest BCUT2D eigenvalue weighted by molar-refractivity contribution is 0.251. The van der Waals surface area contributed by atoms with Crippen LogP contribution in [0.3, 0.4) is 0 Å². The Morgan fingerprint density at radius 2 is 2.32 bits per heavy atom. The molecule has 0 spiro atoms. The summed E-state index contributed by atoms with van der Waals surface area (Å²) in [6, 6.07) is 3.28. The zero-order valence-electron chi connectivity index (χ0n) is 10.3. The molecule has 100 valence electrons. The van der Waals surface area contributed by atoms with E-state index < -0.39 is 0 Å². The van der Waals surface area contributed by atoms with Crippen molar-refractivity contribution in [1.29, 1.82) is 0 Å². The first-order valence-electron chi connectivity index (χ1n) is 5.71. The van der Waals surface area contributed by atoms with Crippen molar-refractivity contribution in [3.63, 3.8) is 0 Å². The Labute approximate surface area is 123 Å². The van der Waals surface area contributed by atoms with Crippen LogP contribution in [0.25, 0.3) is 0 Å². The summed E-state index contributed by atoms with van der Waals surface area (Å²) in [4.78, 5) is 20.0. The van der Waals surface area contributed by atoms with Crippen LogP contribution < -0.4 is 10.6 Å². The molecule has 0 aliphatic carbocycles. The third-order valence-corrected chi connectivity index (χ3v) is 3.89. The predicted molar refractivity (Wildman–Crippen MR) is 79.5 cm³/mol. The Kier molecular flexibility index (Phi) is 4.86. The molecule has 2 amide bonds. The van der Waals surface area contributed by atoms with Gasteiger partial charge in [-0.1, -0.05) is 6.92 Å². The Morgan fingerprint density at radius 3 is 2.95 bits per heavy atom. The van der Waals surface area contributed by atoms with Gasteiger partial charge in [0.15, 0.2) is 0 Å². The largest absolute Gasteiger partial charge is 0.337 e. The molecule has 0 saturated carbocycles. The van der Waals surface area contributed by atoms with Crippen LogP contribution in [0, 0.1) is 0 Å². The number of halogens is 1. The summed E-state index contributed by atoms with van der Waals surface area (Å²) < 4.78 is 0.871. The molecule has 19 heavy (non-hydrogen) atoms. The van der Waals surface area contributed by atoms with Crippen molar-refractivity contribution in [1.82, 2.24) is 15.3 Å². The van der Waals surface area contributed by atoms with Crippen molar-refractivity contribution >= 4 is 39.1 Å². The van der Waals surface area contributed by atoms with Gasteiger partial charge in [0.1, 0.15) is 5.82 Å². The molecule has 1 atom stereocenters. The number of carbonyl (C=O) groups is 1. The summed E-state index contributed by atoms with van der Waals surface area (Å²) in [6.07, 6.45) is 3.40. The van der Waals surface area contributed by atoms with Gasteiger partial charge in [-0.2, -0.15) is 0 Å². The number of anilines is 1. The first-order chi connectivity index (χ1) is 9.15. The summed E-state index contributed by atoms with van der Waals surface area (Å²) in [7, 11) is 0. The molecule has 0 radical (unpaired) electrons. The van der Waals surface area contributed by atoms with Crippen LogP contribution in [0.5, 0.6) is 0 Å². The predicted octanol–water partition coefficient (Wildman–Crippen LogP) is 3.23. The van der Waals surface area contributed by atoms with E-state index in [1.807, 2.05) is 18.4 Å². The van der Waals surface area contributed by atoms with E-state index in [1.165, 1.54) is 0 Å². The van der Waals surface area contributed by atoms with E-state index in [0.717, 1.165) is 9.48 Å². The molecule has 0 aromatic carbocycles. The third-order valence-electron chi connectivity index (χ3n) is 2.41. The van der Waals surface area contributed by atoms with Gasteiger partial charge in [0.05, 0.1) is 5.01 Å². The Bertz CT molecular complexity index is 529. The standard InChI is InChI=1S/C12H13BrN4OS/c1-8(11-14-4-5-19-11)6-16-12(18)17-10-3-2-9(13)7-15-10/h2-5,7-8H,6H2,1H3,(H2,15,16,17,18)/t8-/m0/s1. The zero-order valence-corrected chi connectivity index (χ0v) is 12.7. The highest BCUT2D eigenvalue weighted by Crippen LogP contribution is 2.16. The molecule has 2 heterocycles. The number of carbonyl (C=O) groups excluding carboxylic acids is 1. The van der Waals surface area contributed by atoms with Crippen LogP contribution in [0.1, 0.15) is 17.8 Å². The SMILES string of the molecule is C[C@@H](CNC(=O)Nc1ccc(Br)cn1)c1nccs1. The van der Waals surface area contributed by atoms with Crippen LogP contribution in [0.15, 0.2) is 34.4 Å². The fraction of sp³-hybridized carbons (Fsp3) is 0.250. The van der Waals surface area contributed by atoms with E-state index in [2.05, 4.69) is 36.5 Å². The maximum atomic E-state index is 11.7. The molecular weight excluding hydrogens is 328 g/mol. The van der Waals surface area contributed by atoms with E-state index >= 15 is 0 Å².